The lowest BCUT2D eigenvalue weighted by Gasteiger charge is -2.16. The van der Waals surface area contributed by atoms with E-state index in [0.29, 0.717) is 17.1 Å². The lowest BCUT2D eigenvalue weighted by molar-refractivity contribution is -0.132. The second-order valence-corrected chi connectivity index (χ2v) is 6.92. The summed E-state index contributed by atoms with van der Waals surface area (Å²) in [7, 11) is 3.18. The van der Waals surface area contributed by atoms with Crippen LogP contribution in [0, 0.1) is 0 Å². The molecular weight excluding hydrogens is 376 g/mol. The highest BCUT2D eigenvalue weighted by Crippen LogP contribution is 2.21. The SMILES string of the molecule is COc1ccc(NC(=O)CN(C)C(=O)Cc2csc(-c3ccccn3)n2)cc1. The molecule has 2 heterocycles. The van der Waals surface area contributed by atoms with Crippen LogP contribution in [0.1, 0.15) is 5.69 Å². The number of nitrogens with zero attached hydrogens (tertiary/aromatic N) is 3. The first-order valence-corrected chi connectivity index (χ1v) is 9.47. The number of nitrogens with one attached hydrogen (secondary N) is 1. The highest BCUT2D eigenvalue weighted by atomic mass is 32.1. The van der Waals surface area contributed by atoms with E-state index in [1.54, 1.807) is 44.6 Å². The number of pyridine rings is 1. The predicted molar refractivity (Wildman–Crippen MR) is 108 cm³/mol. The predicted octanol–water partition coefficient (Wildman–Crippen LogP) is 2.85. The van der Waals surface area contributed by atoms with Gasteiger partial charge in [0.25, 0.3) is 0 Å². The fourth-order valence-corrected chi connectivity index (χ4v) is 3.26. The molecule has 144 valence electrons. The maximum absolute atomic E-state index is 12.4. The summed E-state index contributed by atoms with van der Waals surface area (Å²) in [6.07, 6.45) is 1.84. The van der Waals surface area contributed by atoms with Crippen molar-refractivity contribution in [2.24, 2.45) is 0 Å². The Hall–Kier alpha value is -3.26. The van der Waals surface area contributed by atoms with Crippen LogP contribution in [-0.4, -0.2) is 47.4 Å². The molecule has 0 saturated heterocycles. The van der Waals surface area contributed by atoms with E-state index in [-0.39, 0.29) is 24.8 Å². The van der Waals surface area contributed by atoms with Gasteiger partial charge < -0.3 is 15.0 Å². The van der Waals surface area contributed by atoms with E-state index in [2.05, 4.69) is 15.3 Å². The van der Waals surface area contributed by atoms with Crippen LogP contribution in [0.25, 0.3) is 10.7 Å². The molecule has 0 unspecified atom stereocenters. The van der Waals surface area contributed by atoms with Gasteiger partial charge in [0.15, 0.2) is 0 Å². The molecule has 3 aromatic rings. The van der Waals surface area contributed by atoms with Crippen molar-refractivity contribution in [2.45, 2.75) is 6.42 Å². The lowest BCUT2D eigenvalue weighted by atomic mass is 10.3. The number of benzene rings is 1. The van der Waals surface area contributed by atoms with Crippen LogP contribution in [0.4, 0.5) is 5.69 Å². The van der Waals surface area contributed by atoms with Crippen LogP contribution < -0.4 is 10.1 Å². The normalized spacial score (nSPS) is 10.4. The number of rotatable bonds is 7. The summed E-state index contributed by atoms with van der Waals surface area (Å²) in [5.41, 5.74) is 2.09. The van der Waals surface area contributed by atoms with Gasteiger partial charge in [-0.25, -0.2) is 4.98 Å². The monoisotopic (exact) mass is 396 g/mol. The highest BCUT2D eigenvalue weighted by Gasteiger charge is 2.16. The smallest absolute Gasteiger partial charge is 0.243 e. The highest BCUT2D eigenvalue weighted by molar-refractivity contribution is 7.13. The zero-order valence-electron chi connectivity index (χ0n) is 15.6. The summed E-state index contributed by atoms with van der Waals surface area (Å²) in [6.45, 7) is -0.0396. The molecule has 0 spiro atoms. The maximum atomic E-state index is 12.4. The van der Waals surface area contributed by atoms with Crippen molar-refractivity contribution in [2.75, 3.05) is 26.0 Å². The topological polar surface area (TPSA) is 84.4 Å². The van der Waals surface area contributed by atoms with Gasteiger partial charge >= 0.3 is 0 Å². The summed E-state index contributed by atoms with van der Waals surface area (Å²) in [5.74, 6) is 0.259. The van der Waals surface area contributed by atoms with E-state index in [1.807, 2.05) is 23.6 Å². The zero-order valence-corrected chi connectivity index (χ0v) is 16.4. The minimum absolute atomic E-state index is 0.0396. The number of thiazole rings is 1. The number of amides is 2. The van der Waals surface area contributed by atoms with E-state index in [1.165, 1.54) is 16.2 Å². The molecule has 3 rings (SSSR count). The summed E-state index contributed by atoms with van der Waals surface area (Å²) in [5, 5.41) is 5.37. The Labute approximate surface area is 167 Å². The van der Waals surface area contributed by atoms with Gasteiger partial charge in [-0.15, -0.1) is 11.3 Å². The molecule has 8 heteroatoms. The van der Waals surface area contributed by atoms with Gasteiger partial charge in [0.05, 0.1) is 31.5 Å². The van der Waals surface area contributed by atoms with Gasteiger partial charge in [-0.1, -0.05) is 6.07 Å². The molecule has 0 aliphatic rings. The summed E-state index contributed by atoms with van der Waals surface area (Å²) in [4.78, 5) is 34.7. The molecule has 0 bridgehead atoms. The van der Waals surface area contributed by atoms with Crippen molar-refractivity contribution in [1.82, 2.24) is 14.9 Å². The molecular formula is C20H20N4O3S. The van der Waals surface area contributed by atoms with Gasteiger partial charge in [0.2, 0.25) is 11.8 Å². The molecule has 1 N–H and O–H groups in total. The van der Waals surface area contributed by atoms with Gasteiger partial charge in [0, 0.05) is 24.3 Å². The third-order valence-corrected chi connectivity index (χ3v) is 4.86. The summed E-state index contributed by atoms with van der Waals surface area (Å²) in [6, 6.07) is 12.6. The third kappa shape index (κ3) is 5.14. The number of methoxy groups -OCH3 is 1. The molecule has 2 aromatic heterocycles. The van der Waals surface area contributed by atoms with Crippen molar-refractivity contribution in [3.8, 4) is 16.5 Å². The first kappa shape index (κ1) is 19.5. The van der Waals surface area contributed by atoms with E-state index in [0.717, 1.165) is 10.7 Å². The number of hydrogen-bond donors (Lipinski definition) is 1. The molecule has 28 heavy (non-hydrogen) atoms. The maximum Gasteiger partial charge on any atom is 0.243 e. The second-order valence-electron chi connectivity index (χ2n) is 6.06. The number of anilines is 1. The van der Waals surface area contributed by atoms with Gasteiger partial charge in [-0.3, -0.25) is 14.6 Å². The number of aromatic nitrogens is 2. The second kappa shape index (κ2) is 9.09. The number of carbonyl (C=O) groups is 2. The Bertz CT molecular complexity index is 942. The molecule has 1 aromatic carbocycles. The first-order valence-electron chi connectivity index (χ1n) is 8.59. The van der Waals surface area contributed by atoms with E-state index < -0.39 is 0 Å². The fraction of sp³-hybridized carbons (Fsp3) is 0.200. The van der Waals surface area contributed by atoms with Crippen molar-refractivity contribution in [3.05, 3.63) is 59.7 Å². The average Bonchev–Trinajstić information content (AvgIpc) is 3.17. The summed E-state index contributed by atoms with van der Waals surface area (Å²) < 4.78 is 5.08. The Balaban J connectivity index is 1.52. The van der Waals surface area contributed by atoms with Crippen LogP contribution in [0.5, 0.6) is 5.75 Å². The minimum Gasteiger partial charge on any atom is -0.497 e. The van der Waals surface area contributed by atoms with Gasteiger partial charge in [-0.2, -0.15) is 0 Å². The van der Waals surface area contributed by atoms with Crippen molar-refractivity contribution in [1.29, 1.82) is 0 Å². The number of hydrogen-bond acceptors (Lipinski definition) is 6. The van der Waals surface area contributed by atoms with Gasteiger partial charge in [0.1, 0.15) is 10.8 Å². The molecule has 7 nitrogen and oxygen atoms in total. The fourth-order valence-electron chi connectivity index (χ4n) is 2.46. The van der Waals surface area contributed by atoms with E-state index in [9.17, 15) is 9.59 Å². The van der Waals surface area contributed by atoms with E-state index >= 15 is 0 Å². The minimum atomic E-state index is -0.270. The first-order chi connectivity index (χ1) is 13.5. The number of likely N-dealkylation sites (N-methyl/N-ethyl adjacent to an activating group) is 1. The summed E-state index contributed by atoms with van der Waals surface area (Å²) >= 11 is 1.44. The van der Waals surface area contributed by atoms with Crippen LogP contribution >= 0.6 is 11.3 Å². The molecule has 2 amide bonds. The average molecular weight is 396 g/mol. The molecule has 0 aliphatic heterocycles. The molecule has 0 radical (unpaired) electrons. The van der Waals surface area contributed by atoms with Crippen molar-refractivity contribution < 1.29 is 14.3 Å². The van der Waals surface area contributed by atoms with Crippen LogP contribution in [0.15, 0.2) is 54.0 Å². The van der Waals surface area contributed by atoms with Crippen LogP contribution in [0.3, 0.4) is 0 Å². The van der Waals surface area contributed by atoms with Crippen molar-refractivity contribution in [3.63, 3.8) is 0 Å². The number of ether oxygens (including phenoxy) is 1. The van der Waals surface area contributed by atoms with Crippen LogP contribution in [0.2, 0.25) is 0 Å². The third-order valence-electron chi connectivity index (χ3n) is 3.95. The lowest BCUT2D eigenvalue weighted by Crippen LogP contribution is -2.35. The van der Waals surface area contributed by atoms with Crippen molar-refractivity contribution >= 4 is 28.8 Å². The molecule has 0 aliphatic carbocycles. The Morgan fingerprint density at radius 1 is 1.18 bits per heavy atom. The number of carbonyl (C=O) groups excluding carboxylic acids is 2. The largest absolute Gasteiger partial charge is 0.497 e. The Morgan fingerprint density at radius 2 is 1.96 bits per heavy atom. The zero-order chi connectivity index (χ0) is 19.9. The molecule has 0 saturated carbocycles. The van der Waals surface area contributed by atoms with Crippen LogP contribution in [-0.2, 0) is 16.0 Å². The Morgan fingerprint density at radius 3 is 2.64 bits per heavy atom. The molecule has 0 atom stereocenters. The standard InChI is InChI=1S/C20H20N4O3S/c1-24(12-18(25)22-14-6-8-16(27-2)9-7-14)19(26)11-15-13-28-20(23-15)17-5-3-4-10-21-17/h3-10,13H,11-12H2,1-2H3,(H,22,25). The van der Waals surface area contributed by atoms with Gasteiger partial charge in [-0.05, 0) is 36.4 Å². The Kier molecular flexibility index (Phi) is 6.33. The quantitative estimate of drug-likeness (QED) is 0.664. The molecule has 0 fully saturated rings. The van der Waals surface area contributed by atoms with E-state index in [4.69, 9.17) is 4.74 Å².